The van der Waals surface area contributed by atoms with Crippen LogP contribution in [0.2, 0.25) is 0 Å². The Hall–Kier alpha value is -3.93. The van der Waals surface area contributed by atoms with Crippen LogP contribution >= 0.6 is 0 Å². The second-order valence-corrected chi connectivity index (χ2v) is 17.7. The molecule has 0 aliphatic heterocycles. The fourth-order valence-corrected chi connectivity index (χ4v) is 7.10. The summed E-state index contributed by atoms with van der Waals surface area (Å²) in [5, 5.41) is 0. The molecule has 0 aromatic rings. The fraction of sp³-hybridized carbons (Fsp3) is 0.656. The highest BCUT2D eigenvalue weighted by molar-refractivity contribution is 5.71. The summed E-state index contributed by atoms with van der Waals surface area (Å²) in [6.07, 6.45) is 73.6. The van der Waals surface area contributed by atoms with Gasteiger partial charge in [-0.1, -0.05) is 207 Å². The molecule has 0 N–H and O–H groups in total. The molecule has 0 spiro atoms. The lowest BCUT2D eigenvalue weighted by Gasteiger charge is -2.18. The second-order valence-electron chi connectivity index (χ2n) is 17.7. The lowest BCUT2D eigenvalue weighted by molar-refractivity contribution is -0.167. The Kier molecular flexibility index (Phi) is 51.5. The van der Waals surface area contributed by atoms with E-state index in [4.69, 9.17) is 14.2 Å². The summed E-state index contributed by atoms with van der Waals surface area (Å²) in [5.41, 5.74) is 0. The highest BCUT2D eigenvalue weighted by Crippen LogP contribution is 2.13. The van der Waals surface area contributed by atoms with Crippen LogP contribution in [0.5, 0.6) is 0 Å². The highest BCUT2D eigenvalue weighted by Gasteiger charge is 2.19. The molecular weight excluding hydrogens is 829 g/mol. The van der Waals surface area contributed by atoms with Crippen LogP contribution in [0, 0.1) is 0 Å². The van der Waals surface area contributed by atoms with Gasteiger partial charge in [-0.25, -0.2) is 0 Å². The van der Waals surface area contributed by atoms with Gasteiger partial charge in [-0.05, 0) is 122 Å². The Labute approximate surface area is 412 Å². The molecule has 0 saturated carbocycles. The Morgan fingerprint density at radius 1 is 0.313 bits per heavy atom. The maximum Gasteiger partial charge on any atom is 0.306 e. The number of ether oxygens (including phenoxy) is 3. The molecule has 0 aliphatic rings. The van der Waals surface area contributed by atoms with Crippen molar-refractivity contribution in [1.82, 2.24) is 0 Å². The van der Waals surface area contributed by atoms with Gasteiger partial charge >= 0.3 is 17.9 Å². The van der Waals surface area contributed by atoms with E-state index >= 15 is 0 Å². The molecule has 380 valence electrons. The van der Waals surface area contributed by atoms with Crippen molar-refractivity contribution in [3.63, 3.8) is 0 Å². The molecule has 0 radical (unpaired) electrons. The van der Waals surface area contributed by atoms with Crippen molar-refractivity contribution in [2.75, 3.05) is 13.2 Å². The number of rotatable bonds is 48. The van der Waals surface area contributed by atoms with E-state index in [1.165, 1.54) is 64.2 Å². The molecule has 6 heteroatoms. The zero-order chi connectivity index (χ0) is 48.6. The van der Waals surface area contributed by atoms with Gasteiger partial charge in [0.1, 0.15) is 13.2 Å². The summed E-state index contributed by atoms with van der Waals surface area (Å²) in [6, 6.07) is 0. The van der Waals surface area contributed by atoms with Crippen molar-refractivity contribution in [2.45, 2.75) is 245 Å². The first-order valence-corrected chi connectivity index (χ1v) is 27.4. The van der Waals surface area contributed by atoms with E-state index in [0.717, 1.165) is 128 Å². The minimum Gasteiger partial charge on any atom is -0.462 e. The van der Waals surface area contributed by atoms with E-state index < -0.39 is 6.10 Å². The molecule has 6 nitrogen and oxygen atoms in total. The lowest BCUT2D eigenvalue weighted by atomic mass is 10.1. The van der Waals surface area contributed by atoms with E-state index in [1.54, 1.807) is 0 Å². The number of carbonyl (C=O) groups is 3. The van der Waals surface area contributed by atoms with Gasteiger partial charge in [-0.15, -0.1) is 0 Å². The van der Waals surface area contributed by atoms with E-state index in [0.29, 0.717) is 25.7 Å². The average Bonchev–Trinajstić information content (AvgIpc) is 3.33. The third-order valence-corrected chi connectivity index (χ3v) is 11.2. The quantitative estimate of drug-likeness (QED) is 0.0262. The monoisotopic (exact) mass is 929 g/mol. The van der Waals surface area contributed by atoms with Crippen molar-refractivity contribution in [3.05, 3.63) is 109 Å². The predicted molar refractivity (Wildman–Crippen MR) is 288 cm³/mol. The number of allylic oxidation sites excluding steroid dienone is 18. The molecular formula is C61H100O6. The highest BCUT2D eigenvalue weighted by atomic mass is 16.6. The largest absolute Gasteiger partial charge is 0.462 e. The third kappa shape index (κ3) is 52.9. The van der Waals surface area contributed by atoms with Gasteiger partial charge in [0, 0.05) is 19.3 Å². The Balaban J connectivity index is 4.49. The maximum atomic E-state index is 12.8. The van der Waals surface area contributed by atoms with Crippen LogP contribution in [-0.4, -0.2) is 37.2 Å². The van der Waals surface area contributed by atoms with Gasteiger partial charge in [-0.3, -0.25) is 14.4 Å². The van der Waals surface area contributed by atoms with Crippen LogP contribution in [-0.2, 0) is 28.6 Å². The molecule has 1 unspecified atom stereocenters. The number of carbonyl (C=O) groups excluding carboxylic acids is 3. The summed E-state index contributed by atoms with van der Waals surface area (Å²) in [4.78, 5) is 38.1. The molecule has 0 amide bonds. The fourth-order valence-electron chi connectivity index (χ4n) is 7.10. The van der Waals surface area contributed by atoms with Crippen molar-refractivity contribution in [2.24, 2.45) is 0 Å². The number of hydrogen-bond acceptors (Lipinski definition) is 6. The summed E-state index contributed by atoms with van der Waals surface area (Å²) >= 11 is 0. The molecule has 0 aromatic carbocycles. The second kappa shape index (κ2) is 54.7. The zero-order valence-corrected chi connectivity index (χ0v) is 43.4. The number of esters is 3. The standard InChI is InChI=1S/C61H100O6/c1-4-7-10-13-16-19-22-25-28-29-30-31-32-33-34-37-39-42-45-48-51-54-60(63)66-57-58(67-61(64)55-52-49-46-43-40-36-27-24-21-18-15-12-9-6-3)56-65-59(62)53-50-47-44-41-38-35-26-23-20-17-14-11-8-5-2/h7,10,15-16,18-19,23-28,30-31,33-34,39,42,58H,4-6,8-9,11-14,17,20-22,29,32,35-38,40-41,43-57H2,1-3H3/b10-7-,18-15-,19-16-,26-23-,27-24-,28-25-,31-30-,34-33-,42-39-. The smallest absolute Gasteiger partial charge is 0.306 e. The number of unbranched alkanes of at least 4 members (excludes halogenated alkanes) is 19. The minimum atomic E-state index is -0.808. The topological polar surface area (TPSA) is 78.9 Å². The van der Waals surface area contributed by atoms with Crippen LogP contribution in [0.1, 0.15) is 239 Å². The lowest BCUT2D eigenvalue weighted by Crippen LogP contribution is -2.30. The van der Waals surface area contributed by atoms with Gasteiger partial charge in [-0.2, -0.15) is 0 Å². The van der Waals surface area contributed by atoms with Crippen molar-refractivity contribution in [1.29, 1.82) is 0 Å². The van der Waals surface area contributed by atoms with Gasteiger partial charge in [0.15, 0.2) is 6.10 Å². The molecule has 0 aromatic heterocycles. The van der Waals surface area contributed by atoms with Gasteiger partial charge in [0.25, 0.3) is 0 Å². The van der Waals surface area contributed by atoms with Gasteiger partial charge < -0.3 is 14.2 Å². The van der Waals surface area contributed by atoms with E-state index in [-0.39, 0.29) is 31.1 Å². The molecule has 0 saturated heterocycles. The maximum absolute atomic E-state index is 12.8. The van der Waals surface area contributed by atoms with Gasteiger partial charge in [0.2, 0.25) is 0 Å². The molecule has 67 heavy (non-hydrogen) atoms. The first-order chi connectivity index (χ1) is 33.0. The Morgan fingerprint density at radius 3 is 1.00 bits per heavy atom. The predicted octanol–water partition coefficient (Wildman–Crippen LogP) is 18.3. The van der Waals surface area contributed by atoms with Crippen molar-refractivity contribution < 1.29 is 28.6 Å². The zero-order valence-electron chi connectivity index (χ0n) is 43.4. The first kappa shape index (κ1) is 63.1. The van der Waals surface area contributed by atoms with E-state index in [9.17, 15) is 14.4 Å². The molecule has 1 atom stereocenters. The third-order valence-electron chi connectivity index (χ3n) is 11.2. The minimum absolute atomic E-state index is 0.104. The van der Waals surface area contributed by atoms with Crippen molar-refractivity contribution in [3.8, 4) is 0 Å². The molecule has 0 fully saturated rings. The van der Waals surface area contributed by atoms with E-state index in [1.807, 2.05) is 0 Å². The molecule has 0 aliphatic carbocycles. The Bertz CT molecular complexity index is 1390. The summed E-state index contributed by atoms with van der Waals surface area (Å²) in [7, 11) is 0. The first-order valence-electron chi connectivity index (χ1n) is 27.4. The van der Waals surface area contributed by atoms with E-state index in [2.05, 4.69) is 130 Å². The molecule has 0 rings (SSSR count). The Morgan fingerprint density at radius 2 is 0.597 bits per heavy atom. The van der Waals surface area contributed by atoms with Crippen LogP contribution in [0.25, 0.3) is 0 Å². The van der Waals surface area contributed by atoms with Crippen LogP contribution in [0.15, 0.2) is 109 Å². The summed E-state index contributed by atoms with van der Waals surface area (Å²) in [6.45, 7) is 6.41. The molecule has 0 bridgehead atoms. The van der Waals surface area contributed by atoms with Crippen LogP contribution < -0.4 is 0 Å². The molecule has 0 heterocycles. The van der Waals surface area contributed by atoms with Crippen molar-refractivity contribution >= 4 is 17.9 Å². The average molecular weight is 929 g/mol. The summed E-state index contributed by atoms with van der Waals surface area (Å²) < 4.78 is 16.8. The van der Waals surface area contributed by atoms with Crippen LogP contribution in [0.3, 0.4) is 0 Å². The summed E-state index contributed by atoms with van der Waals surface area (Å²) in [5.74, 6) is -0.974. The normalized spacial score (nSPS) is 12.9. The number of hydrogen-bond donors (Lipinski definition) is 0. The van der Waals surface area contributed by atoms with Crippen LogP contribution in [0.4, 0.5) is 0 Å². The van der Waals surface area contributed by atoms with Gasteiger partial charge in [0.05, 0.1) is 0 Å². The SMILES string of the molecule is CC/C=C\C/C=C\C/C=C\C/C=C\C/C=C\C/C=C\CCCCC(=O)OCC(COC(=O)CCCCCCC/C=C\CCCCCCC)OC(=O)CCCCCCC/C=C\C/C=C\CCCC.